The summed E-state index contributed by atoms with van der Waals surface area (Å²) in [4.78, 5) is 0. The van der Waals surface area contributed by atoms with Gasteiger partial charge in [0.1, 0.15) is 11.8 Å². The summed E-state index contributed by atoms with van der Waals surface area (Å²) in [6.07, 6.45) is 1.03. The van der Waals surface area contributed by atoms with Gasteiger partial charge in [-0.05, 0) is 45.6 Å². The van der Waals surface area contributed by atoms with Crippen LogP contribution in [0.5, 0.6) is 5.75 Å². The Bertz CT molecular complexity index is 426. The molecule has 0 aliphatic rings. The first-order chi connectivity index (χ1) is 7.98. The minimum Gasteiger partial charge on any atom is -0.494 e. The summed E-state index contributed by atoms with van der Waals surface area (Å²) in [6, 6.07) is 7.63. The molecule has 90 valence electrons. The number of nitriles is 1. The molecule has 0 heterocycles. The number of nitrogens with zero attached hydrogens (tertiary/aromatic N) is 1. The first-order valence-corrected chi connectivity index (χ1v) is 7.79. The lowest BCUT2D eigenvalue weighted by Gasteiger charge is -2.21. The predicted octanol–water partition coefficient (Wildman–Crippen LogP) is 4.04. The lowest BCUT2D eigenvalue weighted by atomic mass is 10.1. The average molecular weight is 310 g/mol. The maximum absolute atomic E-state index is 8.90. The van der Waals surface area contributed by atoms with E-state index in [9.17, 15) is 0 Å². The summed E-state index contributed by atoms with van der Waals surface area (Å²) in [5.74, 6) is 0.764. The van der Waals surface area contributed by atoms with E-state index >= 15 is 0 Å². The van der Waals surface area contributed by atoms with Crippen LogP contribution in [0.2, 0.25) is 11.6 Å². The molecule has 0 saturated carbocycles. The van der Waals surface area contributed by atoms with Crippen LogP contribution in [0.4, 0.5) is 0 Å². The molecule has 0 saturated heterocycles. The molecule has 0 unspecified atom stereocenters. The first-order valence-electron chi connectivity index (χ1n) is 5.50. The topological polar surface area (TPSA) is 33.0 Å². The Morgan fingerprint density at radius 2 is 2.18 bits per heavy atom. The molecule has 2 radical (unpaired) electrons. The molecule has 0 bridgehead atoms. The van der Waals surface area contributed by atoms with Gasteiger partial charge in [0.25, 0.3) is 0 Å². The molecule has 0 aliphatic heterocycles. The molecule has 1 rings (SSSR count). The zero-order valence-electron chi connectivity index (χ0n) is 10.4. The molecular weight excluding hydrogens is 294 g/mol. The van der Waals surface area contributed by atoms with Crippen molar-refractivity contribution in [3.63, 3.8) is 0 Å². The molecule has 1 aromatic carbocycles. The third-order valence-electron chi connectivity index (χ3n) is 2.73. The minimum atomic E-state index is 0.341. The van der Waals surface area contributed by atoms with Crippen LogP contribution in [-0.2, 0) is 0 Å². The van der Waals surface area contributed by atoms with Crippen molar-refractivity contribution in [2.24, 2.45) is 0 Å². The number of rotatable bonds is 5. The Morgan fingerprint density at radius 3 is 2.76 bits per heavy atom. The van der Waals surface area contributed by atoms with E-state index in [-0.39, 0.29) is 0 Å². The van der Waals surface area contributed by atoms with Gasteiger partial charge in [-0.2, -0.15) is 5.26 Å². The molecule has 0 aromatic heterocycles. The molecule has 0 spiro atoms. The summed E-state index contributed by atoms with van der Waals surface area (Å²) in [5, 5.41) is 9.24. The van der Waals surface area contributed by atoms with Gasteiger partial charge in [0.2, 0.25) is 0 Å². The van der Waals surface area contributed by atoms with Crippen LogP contribution in [0.15, 0.2) is 22.7 Å². The van der Waals surface area contributed by atoms with Gasteiger partial charge in [-0.3, -0.25) is 0 Å². The molecule has 0 amide bonds. The minimum absolute atomic E-state index is 0.341. The van der Waals surface area contributed by atoms with E-state index in [0.29, 0.717) is 17.2 Å². The summed E-state index contributed by atoms with van der Waals surface area (Å²) < 4.78 is 6.48. The maximum atomic E-state index is 8.90. The SMILES string of the molecule is C[Si]C(C)(C)CCOc1ccc(Br)c(C#N)c1. The lowest BCUT2D eigenvalue weighted by molar-refractivity contribution is 0.293. The van der Waals surface area contributed by atoms with E-state index < -0.39 is 0 Å². The molecule has 2 nitrogen and oxygen atoms in total. The number of ether oxygens (including phenoxy) is 1. The van der Waals surface area contributed by atoms with E-state index in [0.717, 1.165) is 26.2 Å². The van der Waals surface area contributed by atoms with E-state index in [1.165, 1.54) is 0 Å². The lowest BCUT2D eigenvalue weighted by Crippen LogP contribution is -2.14. The summed E-state index contributed by atoms with van der Waals surface area (Å²) >= 11 is 3.32. The van der Waals surface area contributed by atoms with E-state index in [1.54, 1.807) is 6.07 Å². The molecule has 0 fully saturated rings. The Hall–Kier alpha value is -0.793. The average Bonchev–Trinajstić information content (AvgIpc) is 2.31. The van der Waals surface area contributed by atoms with Gasteiger partial charge in [-0.15, -0.1) is 0 Å². The second-order valence-corrected chi connectivity index (χ2v) is 7.19. The monoisotopic (exact) mass is 309 g/mol. The highest BCUT2D eigenvalue weighted by molar-refractivity contribution is 9.10. The van der Waals surface area contributed by atoms with Crippen molar-refractivity contribution < 1.29 is 4.74 Å². The van der Waals surface area contributed by atoms with Gasteiger partial charge in [-0.25, -0.2) is 0 Å². The van der Waals surface area contributed by atoms with E-state index in [4.69, 9.17) is 10.00 Å². The Balaban J connectivity index is 2.56. The fourth-order valence-corrected chi connectivity index (χ4v) is 1.92. The number of benzene rings is 1. The predicted molar refractivity (Wildman–Crippen MR) is 74.6 cm³/mol. The molecule has 4 heteroatoms. The summed E-state index contributed by atoms with van der Waals surface area (Å²) in [5.41, 5.74) is 0.610. The van der Waals surface area contributed by atoms with E-state index in [2.05, 4.69) is 42.4 Å². The second kappa shape index (κ2) is 6.22. The standard InChI is InChI=1S/C13H16BrNOSi/c1-13(2,17-3)6-7-16-11-4-5-12(14)10(8-11)9-15/h4-5,8H,6-7H2,1-3H3. The van der Waals surface area contributed by atoms with Gasteiger partial charge in [0.15, 0.2) is 0 Å². The smallest absolute Gasteiger partial charge is 0.120 e. The van der Waals surface area contributed by atoms with Gasteiger partial charge in [0.05, 0.1) is 12.2 Å². The van der Waals surface area contributed by atoms with Gasteiger partial charge in [0, 0.05) is 14.0 Å². The number of hydrogen-bond acceptors (Lipinski definition) is 2. The van der Waals surface area contributed by atoms with Crippen molar-refractivity contribution in [1.29, 1.82) is 5.26 Å². The number of hydrogen-bond donors (Lipinski definition) is 0. The van der Waals surface area contributed by atoms with Gasteiger partial charge >= 0.3 is 0 Å². The van der Waals surface area contributed by atoms with Crippen molar-refractivity contribution in [2.45, 2.75) is 31.9 Å². The Kier molecular flexibility index (Phi) is 5.22. The van der Waals surface area contributed by atoms with Gasteiger partial charge in [-0.1, -0.05) is 20.4 Å². The van der Waals surface area contributed by atoms with Crippen LogP contribution in [0.1, 0.15) is 25.8 Å². The van der Waals surface area contributed by atoms with Crippen LogP contribution in [0.25, 0.3) is 0 Å². The highest BCUT2D eigenvalue weighted by atomic mass is 79.9. The molecule has 0 aliphatic carbocycles. The summed E-state index contributed by atoms with van der Waals surface area (Å²) in [6.45, 7) is 7.40. The van der Waals surface area contributed by atoms with Crippen LogP contribution >= 0.6 is 15.9 Å². The van der Waals surface area contributed by atoms with Crippen molar-refractivity contribution in [1.82, 2.24) is 0 Å². The van der Waals surface area contributed by atoms with E-state index in [1.807, 2.05) is 12.1 Å². The largest absolute Gasteiger partial charge is 0.494 e. The van der Waals surface area contributed by atoms with Crippen LogP contribution in [0.3, 0.4) is 0 Å². The molecule has 1 aromatic rings. The van der Waals surface area contributed by atoms with Crippen molar-refractivity contribution >= 4 is 25.4 Å². The highest BCUT2D eigenvalue weighted by Gasteiger charge is 2.15. The fraction of sp³-hybridized carbons (Fsp3) is 0.462. The zero-order valence-corrected chi connectivity index (χ0v) is 13.0. The third-order valence-corrected chi connectivity index (χ3v) is 5.03. The normalized spacial score (nSPS) is 11.0. The Labute approximate surface area is 114 Å². The van der Waals surface area contributed by atoms with Crippen molar-refractivity contribution in [2.75, 3.05) is 6.61 Å². The second-order valence-electron chi connectivity index (χ2n) is 4.49. The zero-order chi connectivity index (χ0) is 12.9. The third kappa shape index (κ3) is 4.53. The van der Waals surface area contributed by atoms with Crippen LogP contribution in [0, 0.1) is 11.3 Å². The summed E-state index contributed by atoms with van der Waals surface area (Å²) in [7, 11) is 0.908. The molecule has 0 N–H and O–H groups in total. The first kappa shape index (κ1) is 14.3. The van der Waals surface area contributed by atoms with Crippen molar-refractivity contribution in [3.05, 3.63) is 28.2 Å². The van der Waals surface area contributed by atoms with Crippen molar-refractivity contribution in [3.8, 4) is 11.8 Å². The Morgan fingerprint density at radius 1 is 1.47 bits per heavy atom. The quantitative estimate of drug-likeness (QED) is 0.769. The maximum Gasteiger partial charge on any atom is 0.120 e. The molecule has 17 heavy (non-hydrogen) atoms. The van der Waals surface area contributed by atoms with Gasteiger partial charge < -0.3 is 4.74 Å². The number of halogens is 1. The van der Waals surface area contributed by atoms with Crippen LogP contribution in [-0.4, -0.2) is 16.1 Å². The highest BCUT2D eigenvalue weighted by Crippen LogP contribution is 2.28. The molecule has 0 atom stereocenters. The van der Waals surface area contributed by atoms with Crippen LogP contribution < -0.4 is 4.74 Å². The fourth-order valence-electron chi connectivity index (χ4n) is 1.23. The molecular formula is C13H16BrNOSi.